The minimum Gasteiger partial charge on any atom is -0.376 e. The van der Waals surface area contributed by atoms with E-state index in [1.165, 1.54) is 4.90 Å². The maximum Gasteiger partial charge on any atom is 0.241 e. The highest BCUT2D eigenvalue weighted by molar-refractivity contribution is 7.89. The van der Waals surface area contributed by atoms with Crippen molar-refractivity contribution in [1.29, 1.82) is 0 Å². The molecule has 2 saturated heterocycles. The molecule has 0 saturated carbocycles. The summed E-state index contributed by atoms with van der Waals surface area (Å²) in [6.07, 6.45) is 3.26. The summed E-state index contributed by atoms with van der Waals surface area (Å²) in [7, 11) is -4.00. The maximum absolute atomic E-state index is 13.0. The molecule has 2 amide bonds. The van der Waals surface area contributed by atoms with Crippen LogP contribution in [-0.2, 0) is 29.1 Å². The number of sulfonamides is 1. The normalized spacial score (nSPS) is 21.2. The van der Waals surface area contributed by atoms with Gasteiger partial charge in [0.05, 0.1) is 30.2 Å². The Kier molecular flexibility index (Phi) is 8.35. The average Bonchev–Trinajstić information content (AvgIpc) is 3.44. The van der Waals surface area contributed by atoms with Crippen molar-refractivity contribution in [1.82, 2.24) is 14.9 Å². The monoisotopic (exact) mass is 457 g/mol. The van der Waals surface area contributed by atoms with Crippen LogP contribution in [0.2, 0.25) is 0 Å². The summed E-state index contributed by atoms with van der Waals surface area (Å²) in [6.45, 7) is 1.12. The first kappa shape index (κ1) is 23.6. The molecule has 2 aliphatic rings. The Balaban J connectivity index is 1.56. The third-order valence-corrected chi connectivity index (χ3v) is 6.64. The van der Waals surface area contributed by atoms with Gasteiger partial charge in [0.2, 0.25) is 21.8 Å². The molecular weight excluding hydrogens is 429 g/mol. The standard InChI is InChI=1S/C20H28FN3O6S/c21-15-5-7-18(8-6-15)31(27,28)23-12-20(26)24(13-17-4-2-10-30-17)14-19(25)22-11-16-3-1-9-29-16/h5-8,16-17,23H,1-4,9-14H2,(H,22,25)/t16-,17-/m0/s1. The molecule has 0 unspecified atom stereocenters. The molecule has 0 bridgehead atoms. The first-order valence-electron chi connectivity index (χ1n) is 10.4. The summed E-state index contributed by atoms with van der Waals surface area (Å²) in [5.41, 5.74) is 0. The predicted octanol–water partition coefficient (Wildman–Crippen LogP) is 0.407. The van der Waals surface area contributed by atoms with Crippen LogP contribution in [0.25, 0.3) is 0 Å². The van der Waals surface area contributed by atoms with Crippen molar-refractivity contribution in [2.45, 2.75) is 42.8 Å². The average molecular weight is 458 g/mol. The van der Waals surface area contributed by atoms with Gasteiger partial charge in [0, 0.05) is 26.3 Å². The van der Waals surface area contributed by atoms with Crippen molar-refractivity contribution >= 4 is 21.8 Å². The van der Waals surface area contributed by atoms with E-state index in [2.05, 4.69) is 10.0 Å². The number of hydrogen-bond donors (Lipinski definition) is 2. The van der Waals surface area contributed by atoms with Crippen LogP contribution >= 0.6 is 0 Å². The third-order valence-electron chi connectivity index (χ3n) is 5.22. The van der Waals surface area contributed by atoms with Crippen LogP contribution < -0.4 is 10.0 Å². The van der Waals surface area contributed by atoms with Crippen LogP contribution in [0.1, 0.15) is 25.7 Å². The summed E-state index contributed by atoms with van der Waals surface area (Å²) < 4.78 is 51.0. The van der Waals surface area contributed by atoms with Gasteiger partial charge in [-0.3, -0.25) is 9.59 Å². The minimum atomic E-state index is -4.00. The number of rotatable bonds is 10. The Morgan fingerprint density at radius 1 is 1.06 bits per heavy atom. The number of carbonyl (C=O) groups is 2. The fourth-order valence-corrected chi connectivity index (χ4v) is 4.49. The topological polar surface area (TPSA) is 114 Å². The molecule has 2 aliphatic heterocycles. The van der Waals surface area contributed by atoms with Crippen LogP contribution in [0.3, 0.4) is 0 Å². The second-order valence-electron chi connectivity index (χ2n) is 7.63. The number of amides is 2. The maximum atomic E-state index is 13.0. The van der Waals surface area contributed by atoms with Gasteiger partial charge in [0.1, 0.15) is 5.82 Å². The van der Waals surface area contributed by atoms with Gasteiger partial charge in [-0.25, -0.2) is 17.5 Å². The Bertz CT molecular complexity index is 852. The summed E-state index contributed by atoms with van der Waals surface area (Å²) in [6, 6.07) is 4.28. The second-order valence-corrected chi connectivity index (χ2v) is 9.39. The Labute approximate surface area is 181 Å². The lowest BCUT2D eigenvalue weighted by molar-refractivity contribution is -0.136. The number of nitrogens with zero attached hydrogens (tertiary/aromatic N) is 1. The summed E-state index contributed by atoms with van der Waals surface area (Å²) in [5, 5.41) is 2.77. The first-order chi connectivity index (χ1) is 14.8. The van der Waals surface area contributed by atoms with Crippen LogP contribution in [-0.4, -0.2) is 76.7 Å². The van der Waals surface area contributed by atoms with Gasteiger partial charge in [0.25, 0.3) is 0 Å². The highest BCUT2D eigenvalue weighted by Gasteiger charge is 2.26. The van der Waals surface area contributed by atoms with E-state index in [1.54, 1.807) is 0 Å². The van der Waals surface area contributed by atoms with Gasteiger partial charge in [0.15, 0.2) is 0 Å². The molecule has 0 aromatic heterocycles. The molecule has 31 heavy (non-hydrogen) atoms. The van der Waals surface area contributed by atoms with Crippen molar-refractivity contribution in [2.75, 3.05) is 39.4 Å². The number of nitrogens with one attached hydrogen (secondary N) is 2. The minimum absolute atomic E-state index is 0.0196. The van der Waals surface area contributed by atoms with Gasteiger partial charge in [-0.15, -0.1) is 0 Å². The molecule has 1 aromatic carbocycles. The van der Waals surface area contributed by atoms with Crippen LogP contribution in [0, 0.1) is 5.82 Å². The molecule has 9 nitrogen and oxygen atoms in total. The zero-order valence-electron chi connectivity index (χ0n) is 17.2. The molecule has 1 aromatic rings. The lowest BCUT2D eigenvalue weighted by atomic mass is 10.2. The molecule has 0 aliphatic carbocycles. The van der Waals surface area contributed by atoms with Gasteiger partial charge >= 0.3 is 0 Å². The van der Waals surface area contributed by atoms with E-state index in [0.29, 0.717) is 19.8 Å². The van der Waals surface area contributed by atoms with E-state index in [1.807, 2.05) is 0 Å². The number of benzene rings is 1. The fourth-order valence-electron chi connectivity index (χ4n) is 3.52. The SMILES string of the molecule is O=C(CN(C[C@@H]1CCCO1)C(=O)CNS(=O)(=O)c1ccc(F)cc1)NC[C@@H]1CCCO1. The van der Waals surface area contributed by atoms with Gasteiger partial charge in [-0.1, -0.05) is 0 Å². The smallest absolute Gasteiger partial charge is 0.241 e. The molecular formula is C20H28FN3O6S. The molecule has 3 rings (SSSR count). The summed E-state index contributed by atoms with van der Waals surface area (Å²) in [5.74, 6) is -1.46. The third kappa shape index (κ3) is 7.23. The van der Waals surface area contributed by atoms with E-state index < -0.39 is 28.3 Å². The zero-order chi connectivity index (χ0) is 22.3. The van der Waals surface area contributed by atoms with Gasteiger partial charge in [-0.05, 0) is 49.9 Å². The quantitative estimate of drug-likeness (QED) is 0.526. The van der Waals surface area contributed by atoms with Crippen molar-refractivity contribution in [3.8, 4) is 0 Å². The number of carbonyl (C=O) groups excluding carboxylic acids is 2. The highest BCUT2D eigenvalue weighted by Crippen LogP contribution is 2.14. The van der Waals surface area contributed by atoms with Gasteiger partial charge < -0.3 is 19.7 Å². The zero-order valence-corrected chi connectivity index (χ0v) is 18.0. The molecule has 11 heteroatoms. The predicted molar refractivity (Wildman–Crippen MR) is 109 cm³/mol. The van der Waals surface area contributed by atoms with Crippen molar-refractivity contribution in [3.05, 3.63) is 30.1 Å². The Hall–Kier alpha value is -2.08. The molecule has 172 valence electrons. The number of hydrogen-bond acceptors (Lipinski definition) is 6. The van der Waals surface area contributed by atoms with Crippen molar-refractivity contribution in [3.63, 3.8) is 0 Å². The lowest BCUT2D eigenvalue weighted by Gasteiger charge is -2.25. The van der Waals surface area contributed by atoms with E-state index >= 15 is 0 Å². The van der Waals surface area contributed by atoms with Crippen LogP contribution in [0.5, 0.6) is 0 Å². The van der Waals surface area contributed by atoms with Crippen molar-refractivity contribution < 1.29 is 31.9 Å². The molecule has 2 fully saturated rings. The molecule has 0 radical (unpaired) electrons. The van der Waals surface area contributed by atoms with Crippen LogP contribution in [0.4, 0.5) is 4.39 Å². The van der Waals surface area contributed by atoms with E-state index in [4.69, 9.17) is 9.47 Å². The molecule has 2 N–H and O–H groups in total. The van der Waals surface area contributed by atoms with E-state index in [-0.39, 0.29) is 36.1 Å². The largest absolute Gasteiger partial charge is 0.376 e. The Morgan fingerprint density at radius 2 is 1.71 bits per heavy atom. The summed E-state index contributed by atoms with van der Waals surface area (Å²) >= 11 is 0. The molecule has 2 heterocycles. The van der Waals surface area contributed by atoms with E-state index in [0.717, 1.165) is 49.9 Å². The molecule has 0 spiro atoms. The Morgan fingerprint density at radius 3 is 2.32 bits per heavy atom. The van der Waals surface area contributed by atoms with E-state index in [9.17, 15) is 22.4 Å². The second kappa shape index (κ2) is 11.0. The fraction of sp³-hybridized carbons (Fsp3) is 0.600. The lowest BCUT2D eigenvalue weighted by Crippen LogP contribution is -2.48. The molecule has 2 atom stereocenters. The first-order valence-corrected chi connectivity index (χ1v) is 11.8. The number of ether oxygens (including phenoxy) is 2. The summed E-state index contributed by atoms with van der Waals surface area (Å²) in [4.78, 5) is 26.3. The van der Waals surface area contributed by atoms with Crippen molar-refractivity contribution in [2.24, 2.45) is 0 Å². The van der Waals surface area contributed by atoms with Crippen LogP contribution in [0.15, 0.2) is 29.2 Å². The highest BCUT2D eigenvalue weighted by atomic mass is 32.2. The number of halogens is 1. The van der Waals surface area contributed by atoms with Gasteiger partial charge in [-0.2, -0.15) is 0 Å².